The predicted octanol–water partition coefficient (Wildman–Crippen LogP) is 2.56. The van der Waals surface area contributed by atoms with E-state index < -0.39 is 11.9 Å². The van der Waals surface area contributed by atoms with Gasteiger partial charge in [0.05, 0.1) is 11.1 Å². The van der Waals surface area contributed by atoms with Crippen LogP contribution in [0.2, 0.25) is 0 Å². The summed E-state index contributed by atoms with van der Waals surface area (Å²) in [5, 5.41) is 23.0. The summed E-state index contributed by atoms with van der Waals surface area (Å²) in [5.41, 5.74) is 7.71. The molecule has 0 aliphatic carbocycles. The highest BCUT2D eigenvalue weighted by molar-refractivity contribution is 5.85. The Hall–Kier alpha value is -3.62. The number of carbonyl (C=O) groups excluding carboxylic acids is 1. The summed E-state index contributed by atoms with van der Waals surface area (Å²) >= 11 is 0. The minimum Gasteiger partial charge on any atom is -0.368 e. The van der Waals surface area contributed by atoms with Crippen molar-refractivity contribution in [3.8, 4) is 12.1 Å². The summed E-state index contributed by atoms with van der Waals surface area (Å²) in [6.45, 7) is 8.40. The van der Waals surface area contributed by atoms with E-state index in [0.29, 0.717) is 28.9 Å². The maximum absolute atomic E-state index is 12.3. The second-order valence-electron chi connectivity index (χ2n) is 7.75. The van der Waals surface area contributed by atoms with Gasteiger partial charge in [0.15, 0.2) is 0 Å². The number of likely N-dealkylation sites (N-methyl/N-ethyl adjacent to an activating group) is 1. The van der Waals surface area contributed by atoms with Crippen LogP contribution in [0.3, 0.4) is 0 Å². The standard InChI is InChI=1S/C24H29N7O/c1-3-18-19(15-25)23(28-21(22(27)32)17-9-6-5-7-10-17)29-24(20(18)16-26)31-12-8-11-30(4-2)13-14-31/h5-7,9-10,21H,3-4,8,11-14H2,1-2H3,(H2,27,32)(H,28,29). The molecule has 0 radical (unpaired) electrons. The second kappa shape index (κ2) is 10.6. The Labute approximate surface area is 189 Å². The number of rotatable bonds is 7. The Morgan fingerprint density at radius 2 is 1.84 bits per heavy atom. The Morgan fingerprint density at radius 1 is 1.12 bits per heavy atom. The molecule has 0 bridgehead atoms. The number of primary amides is 1. The number of pyridine rings is 1. The fourth-order valence-corrected chi connectivity index (χ4v) is 4.15. The van der Waals surface area contributed by atoms with Gasteiger partial charge in [-0.25, -0.2) is 4.98 Å². The molecule has 2 aromatic rings. The van der Waals surface area contributed by atoms with Crippen molar-refractivity contribution in [2.24, 2.45) is 5.73 Å². The number of hydrogen-bond acceptors (Lipinski definition) is 7. The van der Waals surface area contributed by atoms with Crippen LogP contribution in [0.5, 0.6) is 0 Å². The molecule has 1 saturated heterocycles. The molecule has 1 amide bonds. The maximum atomic E-state index is 12.3. The van der Waals surface area contributed by atoms with E-state index >= 15 is 0 Å². The van der Waals surface area contributed by atoms with Crippen LogP contribution >= 0.6 is 0 Å². The zero-order valence-corrected chi connectivity index (χ0v) is 18.6. The summed E-state index contributed by atoms with van der Waals surface area (Å²) in [5.74, 6) is 0.266. The number of nitriles is 2. The van der Waals surface area contributed by atoms with Crippen molar-refractivity contribution in [2.75, 3.05) is 42.9 Å². The fourth-order valence-electron chi connectivity index (χ4n) is 4.15. The first-order valence-electron chi connectivity index (χ1n) is 11.0. The van der Waals surface area contributed by atoms with Crippen molar-refractivity contribution < 1.29 is 4.79 Å². The van der Waals surface area contributed by atoms with E-state index in [1.165, 1.54) is 0 Å². The lowest BCUT2D eigenvalue weighted by atomic mass is 9.99. The van der Waals surface area contributed by atoms with Crippen LogP contribution in [0.25, 0.3) is 0 Å². The van der Waals surface area contributed by atoms with Crippen molar-refractivity contribution in [1.82, 2.24) is 9.88 Å². The van der Waals surface area contributed by atoms with Gasteiger partial charge in [-0.3, -0.25) is 4.79 Å². The van der Waals surface area contributed by atoms with Crippen LogP contribution < -0.4 is 16.0 Å². The highest BCUT2D eigenvalue weighted by Crippen LogP contribution is 2.32. The van der Waals surface area contributed by atoms with E-state index in [4.69, 9.17) is 10.7 Å². The molecule has 2 heterocycles. The third-order valence-electron chi connectivity index (χ3n) is 5.89. The van der Waals surface area contributed by atoms with Crippen LogP contribution in [0.4, 0.5) is 11.6 Å². The number of amides is 1. The van der Waals surface area contributed by atoms with Crippen LogP contribution in [-0.2, 0) is 11.2 Å². The normalized spacial score (nSPS) is 15.3. The van der Waals surface area contributed by atoms with Gasteiger partial charge in [-0.1, -0.05) is 44.2 Å². The van der Waals surface area contributed by atoms with E-state index in [9.17, 15) is 15.3 Å². The molecule has 1 aromatic carbocycles. The summed E-state index contributed by atoms with van der Waals surface area (Å²) in [4.78, 5) is 21.5. The van der Waals surface area contributed by atoms with Gasteiger partial charge >= 0.3 is 0 Å². The Morgan fingerprint density at radius 3 is 2.44 bits per heavy atom. The number of carbonyl (C=O) groups is 1. The summed E-state index contributed by atoms with van der Waals surface area (Å²) in [6.07, 6.45) is 1.45. The molecule has 0 saturated carbocycles. The van der Waals surface area contributed by atoms with Crippen LogP contribution in [0, 0.1) is 22.7 Å². The molecule has 1 aromatic heterocycles. The van der Waals surface area contributed by atoms with Crippen LogP contribution in [0.1, 0.15) is 48.6 Å². The zero-order chi connectivity index (χ0) is 23.1. The zero-order valence-electron chi connectivity index (χ0n) is 18.6. The molecule has 1 unspecified atom stereocenters. The first-order valence-corrected chi connectivity index (χ1v) is 11.0. The number of nitrogens with one attached hydrogen (secondary N) is 1. The monoisotopic (exact) mass is 431 g/mol. The summed E-state index contributed by atoms with van der Waals surface area (Å²) in [6, 6.07) is 12.7. The highest BCUT2D eigenvalue weighted by Gasteiger charge is 2.27. The Kier molecular flexibility index (Phi) is 7.64. The van der Waals surface area contributed by atoms with Gasteiger partial charge in [0.2, 0.25) is 5.91 Å². The highest BCUT2D eigenvalue weighted by atomic mass is 16.1. The van der Waals surface area contributed by atoms with E-state index in [1.807, 2.05) is 25.1 Å². The number of nitrogens with zero attached hydrogens (tertiary/aromatic N) is 5. The van der Waals surface area contributed by atoms with Crippen molar-refractivity contribution in [1.29, 1.82) is 10.5 Å². The number of hydrogen-bond donors (Lipinski definition) is 2. The number of nitrogens with two attached hydrogens (primary N) is 1. The largest absolute Gasteiger partial charge is 0.368 e. The first-order chi connectivity index (χ1) is 15.5. The first kappa shape index (κ1) is 23.1. The minimum absolute atomic E-state index is 0.278. The minimum atomic E-state index is -0.846. The quantitative estimate of drug-likeness (QED) is 0.691. The van der Waals surface area contributed by atoms with Gasteiger partial charge in [0.1, 0.15) is 29.8 Å². The SMILES string of the molecule is CCc1c(C#N)c(NC(C(N)=O)c2ccccc2)nc(N2CCCN(CC)CC2)c1C#N. The van der Waals surface area contributed by atoms with Crippen molar-refractivity contribution >= 4 is 17.5 Å². The van der Waals surface area contributed by atoms with Crippen LogP contribution in [-0.4, -0.2) is 48.5 Å². The van der Waals surface area contributed by atoms with E-state index in [2.05, 4.69) is 34.2 Å². The molecule has 0 spiro atoms. The molecule has 1 aliphatic heterocycles. The smallest absolute Gasteiger partial charge is 0.244 e. The molecule has 8 nitrogen and oxygen atoms in total. The Balaban J connectivity index is 2.09. The molecule has 1 atom stereocenters. The molecular weight excluding hydrogens is 402 g/mol. The summed E-state index contributed by atoms with van der Waals surface area (Å²) in [7, 11) is 0. The van der Waals surface area contributed by atoms with Crippen molar-refractivity contribution in [3.63, 3.8) is 0 Å². The molecular formula is C24H29N7O. The molecule has 3 rings (SSSR count). The predicted molar refractivity (Wildman–Crippen MR) is 124 cm³/mol. The van der Waals surface area contributed by atoms with Gasteiger partial charge < -0.3 is 20.9 Å². The second-order valence-corrected chi connectivity index (χ2v) is 7.75. The molecule has 3 N–H and O–H groups in total. The van der Waals surface area contributed by atoms with Gasteiger partial charge in [0, 0.05) is 19.6 Å². The van der Waals surface area contributed by atoms with Gasteiger partial charge in [-0.15, -0.1) is 0 Å². The molecule has 1 aliphatic rings. The van der Waals surface area contributed by atoms with Gasteiger partial charge in [0.25, 0.3) is 0 Å². The maximum Gasteiger partial charge on any atom is 0.244 e. The van der Waals surface area contributed by atoms with Crippen molar-refractivity contribution in [2.45, 2.75) is 32.7 Å². The van der Waals surface area contributed by atoms with Gasteiger partial charge in [-0.2, -0.15) is 10.5 Å². The lowest BCUT2D eigenvalue weighted by Crippen LogP contribution is -2.32. The average molecular weight is 432 g/mol. The van der Waals surface area contributed by atoms with E-state index in [0.717, 1.165) is 39.1 Å². The van der Waals surface area contributed by atoms with Gasteiger partial charge in [-0.05, 0) is 37.1 Å². The molecule has 8 heteroatoms. The van der Waals surface area contributed by atoms with Crippen molar-refractivity contribution in [3.05, 3.63) is 52.6 Å². The fraction of sp³-hybridized carbons (Fsp3) is 0.417. The topological polar surface area (TPSA) is 122 Å². The average Bonchev–Trinajstić information content (AvgIpc) is 3.07. The van der Waals surface area contributed by atoms with E-state index in [1.54, 1.807) is 12.1 Å². The number of benzene rings is 1. The third-order valence-corrected chi connectivity index (χ3v) is 5.89. The molecule has 1 fully saturated rings. The lowest BCUT2D eigenvalue weighted by Gasteiger charge is -2.26. The molecule has 32 heavy (non-hydrogen) atoms. The van der Waals surface area contributed by atoms with E-state index in [-0.39, 0.29) is 11.4 Å². The third kappa shape index (κ3) is 4.82. The number of anilines is 2. The Bertz CT molecular complexity index is 1040. The lowest BCUT2D eigenvalue weighted by molar-refractivity contribution is -0.118. The van der Waals surface area contributed by atoms with Crippen LogP contribution in [0.15, 0.2) is 30.3 Å². The summed E-state index contributed by atoms with van der Waals surface area (Å²) < 4.78 is 0. The molecule has 166 valence electrons. The number of aromatic nitrogens is 1.